The van der Waals surface area contributed by atoms with E-state index in [1.54, 1.807) is 6.07 Å². The van der Waals surface area contributed by atoms with E-state index < -0.39 is 19.3 Å². The van der Waals surface area contributed by atoms with Gasteiger partial charge in [-0.15, -0.1) is 6.58 Å². The zero-order valence-electron chi connectivity index (χ0n) is 20.0. The molecule has 2 aliphatic heterocycles. The molecule has 0 amide bonds. The highest BCUT2D eigenvalue weighted by molar-refractivity contribution is 6.77. The Balaban J connectivity index is 1.63. The minimum atomic E-state index is -1.84. The second-order valence-electron chi connectivity index (χ2n) is 11.7. The molecule has 1 saturated carbocycles. The van der Waals surface area contributed by atoms with Gasteiger partial charge in [0.05, 0.1) is 16.7 Å². The van der Waals surface area contributed by atoms with E-state index in [0.29, 0.717) is 18.6 Å². The van der Waals surface area contributed by atoms with Gasteiger partial charge in [-0.1, -0.05) is 32.9 Å². The number of aliphatic hydroxyl groups is 1. The lowest BCUT2D eigenvalue weighted by Crippen LogP contribution is -2.76. The molecule has 2 heterocycles. The fourth-order valence-electron chi connectivity index (χ4n) is 6.31. The molecule has 0 unspecified atom stereocenters. The monoisotopic (exact) mass is 455 g/mol. The maximum atomic E-state index is 12.4. The number of likely N-dealkylation sites (tertiary alicyclic amines) is 1. The molecular formula is C25H37N3O3Si. The first-order chi connectivity index (χ1) is 15.0. The second kappa shape index (κ2) is 6.84. The van der Waals surface area contributed by atoms with Crippen LogP contribution in [0.25, 0.3) is 0 Å². The Morgan fingerprint density at radius 2 is 2.09 bits per heavy atom. The second-order valence-corrected chi connectivity index (χ2v) is 16.7. The summed E-state index contributed by atoms with van der Waals surface area (Å²) in [5.41, 5.74) is 1.70. The van der Waals surface area contributed by atoms with E-state index >= 15 is 0 Å². The van der Waals surface area contributed by atoms with Crippen molar-refractivity contribution in [1.82, 2.24) is 9.99 Å². The number of rotatable bonds is 4. The van der Waals surface area contributed by atoms with Crippen LogP contribution in [-0.4, -0.2) is 59.9 Å². The number of ether oxygens (including phenoxy) is 1. The van der Waals surface area contributed by atoms with Crippen molar-refractivity contribution in [2.45, 2.75) is 87.7 Å². The number of hydrogen-bond donors (Lipinski definition) is 3. The Bertz CT molecular complexity index is 1000. The van der Waals surface area contributed by atoms with Crippen LogP contribution < -0.4 is 9.83 Å². The maximum Gasteiger partial charge on any atom is 0.173 e. The third-order valence-electron chi connectivity index (χ3n) is 9.11. The number of benzene rings is 1. The number of piperidine rings is 1. The van der Waals surface area contributed by atoms with Crippen molar-refractivity contribution in [2.75, 3.05) is 13.1 Å². The molecule has 32 heavy (non-hydrogen) atoms. The fraction of sp³-hybridized carbons (Fsp3) is 0.640. The number of aromatic hydroxyl groups is 1. The van der Waals surface area contributed by atoms with Gasteiger partial charge in [-0.25, -0.2) is 0 Å². The molecule has 2 bridgehead atoms. The fourth-order valence-corrected chi connectivity index (χ4v) is 7.07. The van der Waals surface area contributed by atoms with Crippen LogP contribution in [0.3, 0.4) is 0 Å². The van der Waals surface area contributed by atoms with Crippen molar-refractivity contribution in [3.05, 3.63) is 35.9 Å². The molecule has 7 heteroatoms. The molecule has 1 aromatic rings. The van der Waals surface area contributed by atoms with E-state index in [1.165, 1.54) is 5.56 Å². The summed E-state index contributed by atoms with van der Waals surface area (Å²) in [7, 11) is -1.84. The SMILES string of the molecule is C=CCN1CC[C@]23c4c5ccc(O)c4O[C@H]2/C(=N/N[Si](C)(C)C(C)(C)C)CC[C@@]3(O)[C@H]1C5. The number of nitrogens with zero attached hydrogens (tertiary/aromatic N) is 2. The van der Waals surface area contributed by atoms with Crippen molar-refractivity contribution in [3.63, 3.8) is 0 Å². The third kappa shape index (κ3) is 2.67. The molecule has 1 aromatic carbocycles. The largest absolute Gasteiger partial charge is 0.504 e. The Hall–Kier alpha value is -1.83. The molecule has 4 aliphatic rings. The van der Waals surface area contributed by atoms with Gasteiger partial charge in [0, 0.05) is 24.7 Å². The summed E-state index contributed by atoms with van der Waals surface area (Å²) in [6, 6.07) is 3.77. The Kier molecular flexibility index (Phi) is 4.70. The summed E-state index contributed by atoms with van der Waals surface area (Å²) in [5.74, 6) is 0.724. The summed E-state index contributed by atoms with van der Waals surface area (Å²) in [6.07, 6.45) is 4.46. The number of phenols is 1. The highest BCUT2D eigenvalue weighted by Gasteiger charge is 2.72. The molecule has 2 aliphatic carbocycles. The Labute approximate surface area is 192 Å². The van der Waals surface area contributed by atoms with Crippen LogP contribution >= 0.6 is 0 Å². The minimum Gasteiger partial charge on any atom is -0.504 e. The van der Waals surface area contributed by atoms with Crippen LogP contribution in [0.1, 0.15) is 51.2 Å². The van der Waals surface area contributed by atoms with E-state index in [4.69, 9.17) is 9.84 Å². The van der Waals surface area contributed by atoms with Crippen LogP contribution in [0.15, 0.2) is 29.9 Å². The van der Waals surface area contributed by atoms with Crippen LogP contribution in [0.4, 0.5) is 0 Å². The molecule has 0 radical (unpaired) electrons. The molecule has 3 N–H and O–H groups in total. The van der Waals surface area contributed by atoms with Gasteiger partial charge in [-0.2, -0.15) is 5.10 Å². The van der Waals surface area contributed by atoms with Gasteiger partial charge < -0.3 is 20.0 Å². The number of hydrazone groups is 1. The van der Waals surface area contributed by atoms with Crippen LogP contribution in [-0.2, 0) is 11.8 Å². The summed E-state index contributed by atoms with van der Waals surface area (Å²) in [6.45, 7) is 17.0. The van der Waals surface area contributed by atoms with Crippen LogP contribution in [0, 0.1) is 0 Å². The number of phenolic OH excluding ortho intramolecular Hbond substituents is 1. The number of nitrogens with one attached hydrogen (secondary N) is 1. The van der Waals surface area contributed by atoms with Crippen molar-refractivity contribution in [1.29, 1.82) is 0 Å². The quantitative estimate of drug-likeness (QED) is 0.367. The Morgan fingerprint density at radius 1 is 1.34 bits per heavy atom. The predicted molar refractivity (Wildman–Crippen MR) is 130 cm³/mol. The van der Waals surface area contributed by atoms with Gasteiger partial charge in [0.2, 0.25) is 0 Å². The molecule has 0 aromatic heterocycles. The lowest BCUT2D eigenvalue weighted by Gasteiger charge is -2.63. The van der Waals surface area contributed by atoms with Gasteiger partial charge in [0.1, 0.15) is 0 Å². The first-order valence-corrected chi connectivity index (χ1v) is 14.9. The molecular weight excluding hydrogens is 418 g/mol. The molecule has 1 spiro atoms. The standard InChI is InChI=1S/C25H37N3O3Si/c1-7-13-28-14-12-24-20-16-8-9-18(29)21(20)31-22(24)17(10-11-25(24,30)19(28)15-16)26-27-32(5,6)23(2,3)4/h7-9,19,22,27,29-30H,1,10-15H2,2-6H3/b26-17+/t19-,22+,24+,25-/m1/s1. The molecule has 4 atom stereocenters. The minimum absolute atomic E-state index is 0.0123. The van der Waals surface area contributed by atoms with Crippen molar-refractivity contribution >= 4 is 13.9 Å². The van der Waals surface area contributed by atoms with E-state index in [1.807, 2.05) is 12.1 Å². The predicted octanol–water partition coefficient (Wildman–Crippen LogP) is 3.68. The topological polar surface area (TPSA) is 77.3 Å². The molecule has 6 nitrogen and oxygen atoms in total. The third-order valence-corrected chi connectivity index (χ3v) is 13.5. The first-order valence-electron chi connectivity index (χ1n) is 11.9. The van der Waals surface area contributed by atoms with E-state index in [0.717, 1.165) is 37.2 Å². The first kappa shape index (κ1) is 22.0. The molecule has 5 rings (SSSR count). The highest BCUT2D eigenvalue weighted by atomic mass is 28.3. The van der Waals surface area contributed by atoms with Crippen LogP contribution in [0.5, 0.6) is 11.5 Å². The summed E-state index contributed by atoms with van der Waals surface area (Å²) < 4.78 is 6.53. The molecule has 2 fully saturated rings. The van der Waals surface area contributed by atoms with E-state index in [9.17, 15) is 10.2 Å². The molecule has 174 valence electrons. The van der Waals surface area contributed by atoms with E-state index in [-0.39, 0.29) is 22.9 Å². The summed E-state index contributed by atoms with van der Waals surface area (Å²) >= 11 is 0. The van der Waals surface area contributed by atoms with Gasteiger partial charge in [-0.3, -0.25) is 4.90 Å². The van der Waals surface area contributed by atoms with Gasteiger partial charge >= 0.3 is 0 Å². The Morgan fingerprint density at radius 3 is 2.78 bits per heavy atom. The van der Waals surface area contributed by atoms with Crippen molar-refractivity contribution in [3.8, 4) is 11.5 Å². The lowest BCUT2D eigenvalue weighted by atomic mass is 9.49. The zero-order valence-corrected chi connectivity index (χ0v) is 21.0. The highest BCUT2D eigenvalue weighted by Crippen LogP contribution is 2.64. The zero-order chi connectivity index (χ0) is 23.1. The molecule has 1 saturated heterocycles. The average molecular weight is 456 g/mol. The van der Waals surface area contributed by atoms with E-state index in [2.05, 4.69) is 50.4 Å². The average Bonchev–Trinajstić information content (AvgIpc) is 3.06. The maximum absolute atomic E-state index is 12.4. The van der Waals surface area contributed by atoms with Crippen molar-refractivity contribution in [2.24, 2.45) is 5.10 Å². The lowest BCUT2D eigenvalue weighted by molar-refractivity contribution is -0.163. The normalized spacial score (nSPS) is 34.8. The van der Waals surface area contributed by atoms with Crippen molar-refractivity contribution < 1.29 is 14.9 Å². The number of hydrogen-bond acceptors (Lipinski definition) is 6. The summed E-state index contributed by atoms with van der Waals surface area (Å²) in [4.78, 5) is 2.37. The van der Waals surface area contributed by atoms with Crippen LogP contribution in [0.2, 0.25) is 18.1 Å². The van der Waals surface area contributed by atoms with Gasteiger partial charge in [0.15, 0.2) is 25.8 Å². The van der Waals surface area contributed by atoms with Gasteiger partial charge in [-0.05, 0) is 55.4 Å². The summed E-state index contributed by atoms with van der Waals surface area (Å²) in [5, 5.41) is 31.8. The smallest absolute Gasteiger partial charge is 0.173 e. The van der Waals surface area contributed by atoms with Gasteiger partial charge in [0.25, 0.3) is 0 Å².